The molecule has 0 aromatic rings. The van der Waals surface area contributed by atoms with Crippen LogP contribution in [0.2, 0.25) is 0 Å². The Labute approximate surface area is 98.5 Å². The summed E-state index contributed by atoms with van der Waals surface area (Å²) in [7, 11) is -3.25. The SMILES string of the molecule is O=C(P)[C@H](O)[C@@H](O)[C@H](O)[C@H](O)COP(=O)(O)O. The number of carbonyl (C=O) groups excluding carboxylic acids is 1. The lowest BCUT2D eigenvalue weighted by atomic mass is 10.0. The summed E-state index contributed by atoms with van der Waals surface area (Å²) in [6, 6.07) is 0. The average Bonchev–Trinajstić information content (AvgIpc) is 2.21. The van der Waals surface area contributed by atoms with Gasteiger partial charge in [-0.3, -0.25) is 9.32 Å². The molecule has 0 spiro atoms. The molecule has 5 atom stereocenters. The van der Waals surface area contributed by atoms with Gasteiger partial charge in [0.25, 0.3) is 0 Å². The fourth-order valence-electron chi connectivity index (χ4n) is 0.855. The Morgan fingerprint density at radius 3 is 2.00 bits per heavy atom. The molecule has 11 heteroatoms. The minimum atomic E-state index is -4.82. The molecule has 0 rings (SSSR count). The van der Waals surface area contributed by atoms with Gasteiger partial charge in [-0.2, -0.15) is 0 Å². The highest BCUT2D eigenvalue weighted by Crippen LogP contribution is 2.35. The normalized spacial score (nSPS) is 19.5. The van der Waals surface area contributed by atoms with E-state index in [0.717, 1.165) is 0 Å². The Kier molecular flexibility index (Phi) is 6.86. The van der Waals surface area contributed by atoms with Gasteiger partial charge in [-0.1, -0.05) is 9.24 Å². The van der Waals surface area contributed by atoms with Gasteiger partial charge in [0.1, 0.15) is 24.4 Å². The molecular formula is C6H14O9P2. The standard InChI is InChI=1S/C6H14O9P2/c7-2(1-15-17(12,13)14)3(8)4(9)5(10)6(11)16/h2-5,7-10H,1,16H2,(H2,12,13,14)/t2-,3-,4+,5-/m1/s1. The fraction of sp³-hybridized carbons (Fsp3) is 0.833. The summed E-state index contributed by atoms with van der Waals surface area (Å²) in [6.45, 7) is -0.972. The lowest BCUT2D eigenvalue weighted by molar-refractivity contribution is -0.139. The van der Waals surface area contributed by atoms with Crippen molar-refractivity contribution in [2.24, 2.45) is 0 Å². The molecule has 0 heterocycles. The first kappa shape index (κ1) is 17.1. The van der Waals surface area contributed by atoms with Crippen LogP contribution in [0, 0.1) is 0 Å². The number of aliphatic hydroxyl groups excluding tert-OH is 4. The van der Waals surface area contributed by atoms with Crippen molar-refractivity contribution in [2.45, 2.75) is 24.4 Å². The van der Waals surface area contributed by atoms with E-state index in [1.165, 1.54) is 0 Å². The summed E-state index contributed by atoms with van der Waals surface area (Å²) in [6.07, 6.45) is -7.83. The molecule has 0 aliphatic heterocycles. The molecule has 102 valence electrons. The van der Waals surface area contributed by atoms with Crippen LogP contribution in [0.15, 0.2) is 0 Å². The second-order valence-electron chi connectivity index (χ2n) is 3.18. The molecule has 0 saturated carbocycles. The third kappa shape index (κ3) is 6.52. The maximum atomic E-state index is 10.6. The molecule has 0 amide bonds. The molecule has 0 aromatic heterocycles. The summed E-state index contributed by atoms with van der Waals surface area (Å²) in [4.78, 5) is 27.3. The number of carbonyl (C=O) groups is 1. The Bertz CT molecular complexity index is 302. The summed E-state index contributed by atoms with van der Waals surface area (Å²) in [5.41, 5.74) is -0.917. The molecule has 0 fully saturated rings. The largest absolute Gasteiger partial charge is 0.469 e. The van der Waals surface area contributed by atoms with Crippen molar-refractivity contribution in [1.29, 1.82) is 0 Å². The number of aliphatic hydroxyl groups is 4. The van der Waals surface area contributed by atoms with Crippen molar-refractivity contribution >= 4 is 22.6 Å². The van der Waals surface area contributed by atoms with Crippen molar-refractivity contribution in [1.82, 2.24) is 0 Å². The van der Waals surface area contributed by atoms with Crippen molar-refractivity contribution in [3.63, 3.8) is 0 Å². The predicted octanol–water partition coefficient (Wildman–Crippen LogP) is -3.06. The van der Waals surface area contributed by atoms with Gasteiger partial charge >= 0.3 is 7.82 Å². The molecule has 0 aliphatic carbocycles. The summed E-state index contributed by atoms with van der Waals surface area (Å²) >= 11 is 0. The Morgan fingerprint density at radius 1 is 1.18 bits per heavy atom. The van der Waals surface area contributed by atoms with E-state index in [-0.39, 0.29) is 0 Å². The van der Waals surface area contributed by atoms with Crippen LogP contribution in [0.25, 0.3) is 0 Å². The highest BCUT2D eigenvalue weighted by Gasteiger charge is 2.33. The second kappa shape index (κ2) is 6.84. The summed E-state index contributed by atoms with van der Waals surface area (Å²) in [5.74, 6) is 0. The van der Waals surface area contributed by atoms with Crippen LogP contribution in [0.5, 0.6) is 0 Å². The van der Waals surface area contributed by atoms with Gasteiger partial charge in [0.05, 0.1) is 6.61 Å². The highest BCUT2D eigenvalue weighted by atomic mass is 31.2. The van der Waals surface area contributed by atoms with E-state index < -0.39 is 44.4 Å². The van der Waals surface area contributed by atoms with E-state index >= 15 is 0 Å². The monoisotopic (exact) mass is 292 g/mol. The average molecular weight is 292 g/mol. The molecule has 0 aliphatic rings. The number of hydrogen-bond donors (Lipinski definition) is 6. The zero-order valence-electron chi connectivity index (χ0n) is 8.45. The van der Waals surface area contributed by atoms with Crippen molar-refractivity contribution in [3.8, 4) is 0 Å². The van der Waals surface area contributed by atoms with Crippen LogP contribution < -0.4 is 0 Å². The molecule has 1 unspecified atom stereocenters. The minimum Gasteiger partial charge on any atom is -0.388 e. The topological polar surface area (TPSA) is 165 Å². The van der Waals surface area contributed by atoms with Gasteiger partial charge < -0.3 is 30.2 Å². The predicted molar refractivity (Wildman–Crippen MR) is 56.7 cm³/mol. The van der Waals surface area contributed by atoms with Gasteiger partial charge in [-0.25, -0.2) is 4.57 Å². The van der Waals surface area contributed by atoms with E-state index in [9.17, 15) is 24.7 Å². The molecule has 17 heavy (non-hydrogen) atoms. The van der Waals surface area contributed by atoms with Crippen LogP contribution >= 0.6 is 17.1 Å². The number of rotatable bonds is 7. The van der Waals surface area contributed by atoms with Crippen LogP contribution in [0.4, 0.5) is 0 Å². The first-order valence-electron chi connectivity index (χ1n) is 4.28. The van der Waals surface area contributed by atoms with E-state index in [1.807, 2.05) is 0 Å². The Morgan fingerprint density at radius 2 is 1.65 bits per heavy atom. The third-order valence-corrected chi connectivity index (χ3v) is 2.60. The smallest absolute Gasteiger partial charge is 0.388 e. The van der Waals surface area contributed by atoms with Crippen molar-refractivity contribution in [3.05, 3.63) is 0 Å². The molecule has 0 bridgehead atoms. The molecule has 0 aromatic carbocycles. The Hall–Kier alpha value is 0.0500. The maximum Gasteiger partial charge on any atom is 0.469 e. The Balaban J connectivity index is 4.34. The first-order valence-corrected chi connectivity index (χ1v) is 6.38. The molecule has 6 N–H and O–H groups in total. The summed E-state index contributed by atoms with van der Waals surface area (Å²) in [5, 5.41) is 36.7. The molecule has 9 nitrogen and oxygen atoms in total. The third-order valence-electron chi connectivity index (χ3n) is 1.77. The quantitative estimate of drug-likeness (QED) is 0.267. The van der Waals surface area contributed by atoms with Crippen molar-refractivity contribution < 1.29 is 44.1 Å². The zero-order valence-corrected chi connectivity index (χ0v) is 10.5. The fourth-order valence-corrected chi connectivity index (χ4v) is 1.40. The first-order chi connectivity index (χ1) is 7.56. The van der Waals surface area contributed by atoms with Crippen LogP contribution in [-0.4, -0.2) is 66.8 Å². The van der Waals surface area contributed by atoms with Gasteiger partial charge in [-0.15, -0.1) is 0 Å². The van der Waals surface area contributed by atoms with E-state index in [2.05, 4.69) is 4.52 Å². The highest BCUT2D eigenvalue weighted by molar-refractivity contribution is 7.46. The maximum absolute atomic E-state index is 10.6. The number of hydrogen-bond acceptors (Lipinski definition) is 7. The van der Waals surface area contributed by atoms with E-state index in [1.54, 1.807) is 9.24 Å². The van der Waals surface area contributed by atoms with Gasteiger partial charge in [-0.05, 0) is 0 Å². The molecular weight excluding hydrogens is 278 g/mol. The lowest BCUT2D eigenvalue weighted by Gasteiger charge is -2.25. The van der Waals surface area contributed by atoms with Crippen LogP contribution in [0.3, 0.4) is 0 Å². The van der Waals surface area contributed by atoms with Crippen LogP contribution in [0.1, 0.15) is 0 Å². The van der Waals surface area contributed by atoms with Gasteiger partial charge in [0.2, 0.25) is 0 Å². The number of phosphoric ester groups is 1. The zero-order chi connectivity index (χ0) is 13.8. The van der Waals surface area contributed by atoms with Gasteiger partial charge in [0.15, 0.2) is 5.52 Å². The lowest BCUT2D eigenvalue weighted by Crippen LogP contribution is -2.47. The molecule has 0 saturated heterocycles. The second-order valence-corrected chi connectivity index (χ2v) is 4.99. The van der Waals surface area contributed by atoms with E-state index in [4.69, 9.17) is 14.9 Å². The van der Waals surface area contributed by atoms with Crippen molar-refractivity contribution in [2.75, 3.05) is 6.61 Å². The minimum absolute atomic E-state index is 0.917. The molecule has 0 radical (unpaired) electrons. The number of phosphoric acid groups is 1. The van der Waals surface area contributed by atoms with E-state index in [0.29, 0.717) is 0 Å². The summed E-state index contributed by atoms with van der Waals surface area (Å²) < 4.78 is 14.2. The van der Waals surface area contributed by atoms with Gasteiger partial charge in [0, 0.05) is 0 Å². The van der Waals surface area contributed by atoms with Crippen LogP contribution in [-0.2, 0) is 13.9 Å².